The molecule has 1 aromatic rings. The molecule has 1 aromatic carbocycles. The largest absolute Gasteiger partial charge is 0.360 e. The van der Waals surface area contributed by atoms with Crippen LogP contribution >= 0.6 is 0 Å². The van der Waals surface area contributed by atoms with Gasteiger partial charge in [0.1, 0.15) is 0 Å². The summed E-state index contributed by atoms with van der Waals surface area (Å²) in [6.45, 7) is 9.68. The Labute approximate surface area is 75.1 Å². The minimum Gasteiger partial charge on any atom is -0.360 e. The summed E-state index contributed by atoms with van der Waals surface area (Å²) in [7, 11) is 0. The minimum atomic E-state index is 0.964. The van der Waals surface area contributed by atoms with Gasteiger partial charge >= 0.3 is 0 Å². The van der Waals surface area contributed by atoms with E-state index in [1.807, 2.05) is 51.1 Å². The van der Waals surface area contributed by atoms with E-state index in [1.54, 1.807) is 0 Å². The second-order valence-electron chi connectivity index (χ2n) is 2.27. The number of hydrogen-bond donors (Lipinski definition) is 1. The number of allylic oxidation sites excluding steroid dienone is 1. The Hall–Kier alpha value is -1.24. The van der Waals surface area contributed by atoms with Crippen LogP contribution in [0.25, 0.3) is 0 Å². The molecule has 0 aliphatic heterocycles. The molecule has 0 saturated carbocycles. The highest BCUT2D eigenvalue weighted by Crippen LogP contribution is 2.06. The molecule has 0 saturated heterocycles. The fourth-order valence-corrected chi connectivity index (χ4v) is 0.768. The van der Waals surface area contributed by atoms with Crippen LogP contribution in [-0.4, -0.2) is 0 Å². The highest BCUT2D eigenvalue weighted by molar-refractivity contribution is 5.46. The number of rotatable bonds is 2. The summed E-state index contributed by atoms with van der Waals surface area (Å²) < 4.78 is 0. The Kier molecular flexibility index (Phi) is 5.80. The Morgan fingerprint density at radius 3 is 2.08 bits per heavy atom. The topological polar surface area (TPSA) is 12.0 Å². The van der Waals surface area contributed by atoms with E-state index in [0.29, 0.717) is 0 Å². The Morgan fingerprint density at radius 1 is 1.17 bits per heavy atom. The van der Waals surface area contributed by atoms with Gasteiger partial charge in [0.15, 0.2) is 0 Å². The lowest BCUT2D eigenvalue weighted by Gasteiger charge is -2.02. The quantitative estimate of drug-likeness (QED) is 0.701. The summed E-state index contributed by atoms with van der Waals surface area (Å²) in [6.07, 6.45) is 0. The third kappa shape index (κ3) is 4.56. The highest BCUT2D eigenvalue weighted by atomic mass is 14.9. The van der Waals surface area contributed by atoms with Gasteiger partial charge in [-0.15, -0.1) is 0 Å². The molecule has 0 fully saturated rings. The van der Waals surface area contributed by atoms with Gasteiger partial charge < -0.3 is 5.32 Å². The van der Waals surface area contributed by atoms with Crippen molar-refractivity contribution in [1.82, 2.24) is 0 Å². The van der Waals surface area contributed by atoms with E-state index >= 15 is 0 Å². The van der Waals surface area contributed by atoms with Crippen LogP contribution in [0.4, 0.5) is 5.69 Å². The second-order valence-corrected chi connectivity index (χ2v) is 2.27. The molecule has 66 valence electrons. The van der Waals surface area contributed by atoms with Gasteiger partial charge in [0, 0.05) is 11.4 Å². The van der Waals surface area contributed by atoms with Crippen molar-refractivity contribution in [3.8, 4) is 0 Å². The minimum absolute atomic E-state index is 0.964. The fourth-order valence-electron chi connectivity index (χ4n) is 0.768. The van der Waals surface area contributed by atoms with Crippen LogP contribution in [0.1, 0.15) is 20.8 Å². The molecule has 0 aromatic heterocycles. The average Bonchev–Trinajstić information content (AvgIpc) is 2.08. The second kappa shape index (κ2) is 6.47. The molecular weight excluding hydrogens is 146 g/mol. The number of para-hydroxylation sites is 1. The van der Waals surface area contributed by atoms with Crippen LogP contribution in [0.3, 0.4) is 0 Å². The number of nitrogens with one attached hydrogen (secondary N) is 1. The highest BCUT2D eigenvalue weighted by Gasteiger charge is 1.85. The monoisotopic (exact) mass is 163 g/mol. The van der Waals surface area contributed by atoms with Crippen LogP contribution < -0.4 is 5.32 Å². The van der Waals surface area contributed by atoms with Crippen LogP contribution in [-0.2, 0) is 0 Å². The molecule has 0 aliphatic rings. The van der Waals surface area contributed by atoms with Gasteiger partial charge in [-0.3, -0.25) is 0 Å². The van der Waals surface area contributed by atoms with Crippen molar-refractivity contribution >= 4 is 5.69 Å². The van der Waals surface area contributed by atoms with E-state index in [-0.39, 0.29) is 0 Å². The van der Waals surface area contributed by atoms with Gasteiger partial charge in [-0.2, -0.15) is 0 Å². The first kappa shape index (κ1) is 10.8. The summed E-state index contributed by atoms with van der Waals surface area (Å²) in [5, 5.41) is 3.11. The summed E-state index contributed by atoms with van der Waals surface area (Å²) in [4.78, 5) is 0. The molecule has 0 unspecified atom stereocenters. The SMILES string of the molecule is C=C(C)Nc1ccccc1.CC. The number of hydrogen-bond acceptors (Lipinski definition) is 1. The lowest BCUT2D eigenvalue weighted by molar-refractivity contribution is 1.40. The maximum Gasteiger partial charge on any atom is 0.0381 e. The zero-order valence-electron chi connectivity index (χ0n) is 8.09. The van der Waals surface area contributed by atoms with E-state index in [9.17, 15) is 0 Å². The van der Waals surface area contributed by atoms with E-state index in [4.69, 9.17) is 0 Å². The van der Waals surface area contributed by atoms with Gasteiger partial charge in [-0.25, -0.2) is 0 Å². The van der Waals surface area contributed by atoms with Gasteiger partial charge in [-0.1, -0.05) is 38.6 Å². The van der Waals surface area contributed by atoms with Crippen molar-refractivity contribution in [1.29, 1.82) is 0 Å². The first-order valence-electron chi connectivity index (χ1n) is 4.26. The zero-order valence-corrected chi connectivity index (χ0v) is 8.09. The summed E-state index contributed by atoms with van der Waals surface area (Å²) in [5.41, 5.74) is 2.06. The van der Waals surface area contributed by atoms with Crippen LogP contribution in [0.5, 0.6) is 0 Å². The molecule has 0 aliphatic carbocycles. The molecule has 1 nitrogen and oxygen atoms in total. The lowest BCUT2D eigenvalue weighted by Crippen LogP contribution is -1.91. The molecule has 0 radical (unpaired) electrons. The van der Waals surface area contributed by atoms with Gasteiger partial charge in [0.25, 0.3) is 0 Å². The Balaban J connectivity index is 0.000000561. The summed E-state index contributed by atoms with van der Waals surface area (Å²) >= 11 is 0. The molecule has 12 heavy (non-hydrogen) atoms. The van der Waals surface area contributed by atoms with Crippen LogP contribution in [0.2, 0.25) is 0 Å². The third-order valence-electron chi connectivity index (χ3n) is 1.13. The van der Waals surface area contributed by atoms with E-state index in [0.717, 1.165) is 11.4 Å². The Bertz CT molecular complexity index is 214. The van der Waals surface area contributed by atoms with Gasteiger partial charge in [-0.05, 0) is 19.1 Å². The maximum atomic E-state index is 3.74. The lowest BCUT2D eigenvalue weighted by atomic mass is 10.3. The maximum absolute atomic E-state index is 3.74. The zero-order chi connectivity index (χ0) is 9.40. The van der Waals surface area contributed by atoms with Crippen molar-refractivity contribution in [2.45, 2.75) is 20.8 Å². The molecule has 1 heteroatoms. The fraction of sp³-hybridized carbons (Fsp3) is 0.273. The average molecular weight is 163 g/mol. The van der Waals surface area contributed by atoms with E-state index in [2.05, 4.69) is 11.9 Å². The first-order valence-corrected chi connectivity index (χ1v) is 4.26. The van der Waals surface area contributed by atoms with Crippen LogP contribution in [0.15, 0.2) is 42.6 Å². The molecule has 0 atom stereocenters. The van der Waals surface area contributed by atoms with Crippen molar-refractivity contribution in [2.75, 3.05) is 5.32 Å². The van der Waals surface area contributed by atoms with Crippen molar-refractivity contribution < 1.29 is 0 Å². The van der Waals surface area contributed by atoms with E-state index in [1.165, 1.54) is 0 Å². The molecule has 0 amide bonds. The Morgan fingerprint density at radius 2 is 1.67 bits per heavy atom. The smallest absolute Gasteiger partial charge is 0.0381 e. The van der Waals surface area contributed by atoms with Gasteiger partial charge in [0.05, 0.1) is 0 Å². The molecule has 0 bridgehead atoms. The third-order valence-corrected chi connectivity index (χ3v) is 1.13. The van der Waals surface area contributed by atoms with Crippen molar-refractivity contribution in [3.63, 3.8) is 0 Å². The first-order chi connectivity index (χ1) is 5.79. The molecular formula is C11H17N. The van der Waals surface area contributed by atoms with Crippen molar-refractivity contribution in [3.05, 3.63) is 42.6 Å². The van der Waals surface area contributed by atoms with Crippen LogP contribution in [0, 0.1) is 0 Å². The summed E-state index contributed by atoms with van der Waals surface area (Å²) in [5.74, 6) is 0. The molecule has 1 rings (SSSR count). The van der Waals surface area contributed by atoms with E-state index < -0.39 is 0 Å². The summed E-state index contributed by atoms with van der Waals surface area (Å²) in [6, 6.07) is 9.99. The predicted octanol–water partition coefficient (Wildman–Crippen LogP) is 3.66. The molecule has 0 heterocycles. The number of anilines is 1. The normalized spacial score (nSPS) is 7.92. The van der Waals surface area contributed by atoms with Crippen molar-refractivity contribution in [2.24, 2.45) is 0 Å². The standard InChI is InChI=1S/C9H11N.C2H6/c1-8(2)10-9-6-4-3-5-7-9;1-2/h3-7,10H,1H2,2H3;1-2H3. The number of benzene rings is 1. The predicted molar refractivity (Wildman–Crippen MR) is 56.2 cm³/mol. The van der Waals surface area contributed by atoms with Gasteiger partial charge in [0.2, 0.25) is 0 Å². The molecule has 0 spiro atoms. The molecule has 1 N–H and O–H groups in total.